The molecule has 1 fully saturated rings. The van der Waals surface area contributed by atoms with Gasteiger partial charge in [0.1, 0.15) is 0 Å². The number of nitrogens with two attached hydrogens (primary N) is 1. The molecule has 5 nitrogen and oxygen atoms in total. The van der Waals surface area contributed by atoms with E-state index in [4.69, 9.17) is 5.73 Å². The van der Waals surface area contributed by atoms with E-state index in [1.807, 2.05) is 6.07 Å². The molecular formula is C16H22N4O. The highest BCUT2D eigenvalue weighted by Gasteiger charge is 2.31. The number of aromatic nitrogens is 2. The standard InChI is InChI=1S/C16H22N4O/c1-2-16(5-3-4-6-16)9-18-14-8-13-11(7-12(14)17)15(21)20-10-19-13/h7-8,10,18H,2-6,9,17H2,1H3,(H,19,20,21). The van der Waals surface area contributed by atoms with Crippen LogP contribution in [-0.2, 0) is 0 Å². The summed E-state index contributed by atoms with van der Waals surface area (Å²) in [6, 6.07) is 3.58. The van der Waals surface area contributed by atoms with Gasteiger partial charge >= 0.3 is 0 Å². The predicted octanol–water partition coefficient (Wildman–Crippen LogP) is 2.89. The van der Waals surface area contributed by atoms with E-state index in [-0.39, 0.29) is 5.56 Å². The minimum absolute atomic E-state index is 0.154. The van der Waals surface area contributed by atoms with Crippen molar-refractivity contribution in [2.75, 3.05) is 17.6 Å². The summed E-state index contributed by atoms with van der Waals surface area (Å²) in [5, 5.41) is 4.01. The van der Waals surface area contributed by atoms with E-state index in [9.17, 15) is 4.79 Å². The summed E-state index contributed by atoms with van der Waals surface area (Å²) in [7, 11) is 0. The van der Waals surface area contributed by atoms with E-state index >= 15 is 0 Å². The van der Waals surface area contributed by atoms with Crippen LogP contribution in [0.5, 0.6) is 0 Å². The van der Waals surface area contributed by atoms with E-state index in [1.54, 1.807) is 6.07 Å². The molecule has 0 bridgehead atoms. The molecule has 112 valence electrons. The number of H-pyrrole nitrogens is 1. The first kappa shape index (κ1) is 13.9. The SMILES string of the molecule is CCC1(CNc2cc3nc[nH]c(=O)c3cc2N)CCCC1. The summed E-state index contributed by atoms with van der Waals surface area (Å²) in [6.07, 6.45) is 7.81. The maximum absolute atomic E-state index is 11.7. The fraction of sp³-hybridized carbons (Fsp3) is 0.500. The van der Waals surface area contributed by atoms with Crippen LogP contribution in [0.25, 0.3) is 10.9 Å². The van der Waals surface area contributed by atoms with Crippen molar-refractivity contribution in [1.29, 1.82) is 0 Å². The average molecular weight is 286 g/mol. The van der Waals surface area contributed by atoms with Crippen molar-refractivity contribution < 1.29 is 0 Å². The highest BCUT2D eigenvalue weighted by atomic mass is 16.1. The lowest BCUT2D eigenvalue weighted by atomic mass is 9.83. The number of aromatic amines is 1. The first-order valence-corrected chi connectivity index (χ1v) is 7.64. The second-order valence-electron chi connectivity index (χ2n) is 6.10. The maximum Gasteiger partial charge on any atom is 0.258 e. The molecular weight excluding hydrogens is 264 g/mol. The van der Waals surface area contributed by atoms with Crippen LogP contribution in [-0.4, -0.2) is 16.5 Å². The number of nitrogens with zero attached hydrogens (tertiary/aromatic N) is 1. The van der Waals surface area contributed by atoms with Gasteiger partial charge in [-0.05, 0) is 36.8 Å². The summed E-state index contributed by atoms with van der Waals surface area (Å²) in [5.41, 5.74) is 8.47. The van der Waals surface area contributed by atoms with Crippen LogP contribution in [0.2, 0.25) is 0 Å². The first-order valence-electron chi connectivity index (χ1n) is 7.64. The lowest BCUT2D eigenvalue weighted by Gasteiger charge is -2.28. The predicted molar refractivity (Wildman–Crippen MR) is 86.5 cm³/mol. The van der Waals surface area contributed by atoms with E-state index in [0.717, 1.165) is 12.2 Å². The zero-order valence-corrected chi connectivity index (χ0v) is 12.4. The van der Waals surface area contributed by atoms with Crippen LogP contribution >= 0.6 is 0 Å². The molecule has 4 N–H and O–H groups in total. The Hall–Kier alpha value is -2.04. The zero-order chi connectivity index (χ0) is 14.9. The van der Waals surface area contributed by atoms with Gasteiger partial charge in [0.15, 0.2) is 0 Å². The number of anilines is 2. The smallest absolute Gasteiger partial charge is 0.258 e. The van der Waals surface area contributed by atoms with Crippen molar-refractivity contribution in [3.8, 4) is 0 Å². The lowest BCUT2D eigenvalue weighted by molar-refractivity contribution is 0.307. The van der Waals surface area contributed by atoms with Crippen molar-refractivity contribution in [2.24, 2.45) is 5.41 Å². The van der Waals surface area contributed by atoms with Crippen molar-refractivity contribution >= 4 is 22.3 Å². The molecule has 21 heavy (non-hydrogen) atoms. The second-order valence-corrected chi connectivity index (χ2v) is 6.10. The third-order valence-electron chi connectivity index (χ3n) is 4.88. The first-order chi connectivity index (χ1) is 10.1. The van der Waals surface area contributed by atoms with Crippen LogP contribution in [0.1, 0.15) is 39.0 Å². The highest BCUT2D eigenvalue weighted by molar-refractivity contribution is 5.88. The summed E-state index contributed by atoms with van der Waals surface area (Å²) < 4.78 is 0. The number of hydrogen-bond donors (Lipinski definition) is 3. The van der Waals surface area contributed by atoms with Gasteiger partial charge in [-0.1, -0.05) is 19.8 Å². The third-order valence-corrected chi connectivity index (χ3v) is 4.88. The van der Waals surface area contributed by atoms with Gasteiger partial charge < -0.3 is 16.0 Å². The monoisotopic (exact) mass is 286 g/mol. The fourth-order valence-electron chi connectivity index (χ4n) is 3.35. The summed E-state index contributed by atoms with van der Waals surface area (Å²) in [5.74, 6) is 0. The van der Waals surface area contributed by atoms with Gasteiger partial charge in [-0.3, -0.25) is 4.79 Å². The molecule has 5 heteroatoms. The molecule has 2 aromatic rings. The number of hydrogen-bond acceptors (Lipinski definition) is 4. The van der Waals surface area contributed by atoms with Gasteiger partial charge in [-0.25, -0.2) is 4.98 Å². The Labute approximate surface area is 124 Å². The maximum atomic E-state index is 11.7. The van der Waals surface area contributed by atoms with E-state index < -0.39 is 0 Å². The average Bonchev–Trinajstić information content (AvgIpc) is 2.96. The Kier molecular flexibility index (Phi) is 3.57. The summed E-state index contributed by atoms with van der Waals surface area (Å²) >= 11 is 0. The number of fused-ring (bicyclic) bond motifs is 1. The largest absolute Gasteiger partial charge is 0.397 e. The molecule has 3 rings (SSSR count). The fourth-order valence-corrected chi connectivity index (χ4v) is 3.35. The number of nitrogens with one attached hydrogen (secondary N) is 2. The third kappa shape index (κ3) is 2.60. The highest BCUT2D eigenvalue weighted by Crippen LogP contribution is 2.41. The van der Waals surface area contributed by atoms with Gasteiger partial charge in [0.25, 0.3) is 5.56 Å². The number of nitrogen functional groups attached to an aromatic ring is 1. The molecule has 1 aliphatic carbocycles. The second kappa shape index (κ2) is 5.39. The molecule has 0 spiro atoms. The topological polar surface area (TPSA) is 83.8 Å². The van der Waals surface area contributed by atoms with Crippen LogP contribution in [0.4, 0.5) is 11.4 Å². The van der Waals surface area contributed by atoms with Gasteiger partial charge in [-0.15, -0.1) is 0 Å². The molecule has 0 amide bonds. The normalized spacial score (nSPS) is 17.2. The minimum atomic E-state index is -0.154. The molecule has 0 aliphatic heterocycles. The molecule has 1 aliphatic rings. The minimum Gasteiger partial charge on any atom is -0.397 e. The van der Waals surface area contributed by atoms with E-state index in [1.165, 1.54) is 38.4 Å². The van der Waals surface area contributed by atoms with Crippen LogP contribution in [0.3, 0.4) is 0 Å². The van der Waals surface area contributed by atoms with Gasteiger partial charge in [0, 0.05) is 6.54 Å². The number of benzene rings is 1. The quantitative estimate of drug-likeness (QED) is 0.755. The Balaban J connectivity index is 1.87. The zero-order valence-electron chi connectivity index (χ0n) is 12.4. The van der Waals surface area contributed by atoms with Crippen molar-refractivity contribution in [2.45, 2.75) is 39.0 Å². The van der Waals surface area contributed by atoms with Gasteiger partial charge in [-0.2, -0.15) is 0 Å². The van der Waals surface area contributed by atoms with Gasteiger partial charge in [0.2, 0.25) is 0 Å². The molecule has 0 atom stereocenters. The molecule has 1 aromatic heterocycles. The Bertz CT molecular complexity index is 701. The Morgan fingerprint density at radius 2 is 2.14 bits per heavy atom. The Morgan fingerprint density at radius 1 is 1.38 bits per heavy atom. The van der Waals surface area contributed by atoms with Crippen LogP contribution in [0.15, 0.2) is 23.3 Å². The van der Waals surface area contributed by atoms with E-state index in [2.05, 4.69) is 22.2 Å². The molecule has 0 radical (unpaired) electrons. The van der Waals surface area contributed by atoms with E-state index in [0.29, 0.717) is 22.0 Å². The molecule has 0 saturated heterocycles. The molecule has 0 unspecified atom stereocenters. The molecule has 1 heterocycles. The summed E-state index contributed by atoms with van der Waals surface area (Å²) in [6.45, 7) is 3.19. The van der Waals surface area contributed by atoms with Crippen LogP contribution in [0, 0.1) is 5.41 Å². The van der Waals surface area contributed by atoms with Crippen LogP contribution < -0.4 is 16.6 Å². The molecule has 1 aromatic carbocycles. The van der Waals surface area contributed by atoms with Crippen molar-refractivity contribution in [3.05, 3.63) is 28.8 Å². The summed E-state index contributed by atoms with van der Waals surface area (Å²) in [4.78, 5) is 18.5. The van der Waals surface area contributed by atoms with Crippen molar-refractivity contribution in [1.82, 2.24) is 9.97 Å². The van der Waals surface area contributed by atoms with Gasteiger partial charge in [0.05, 0.1) is 28.6 Å². The molecule has 1 saturated carbocycles. The number of rotatable bonds is 4. The lowest BCUT2D eigenvalue weighted by Crippen LogP contribution is -2.26. The van der Waals surface area contributed by atoms with Crippen molar-refractivity contribution in [3.63, 3.8) is 0 Å². The Morgan fingerprint density at radius 3 is 2.86 bits per heavy atom.